The molecule has 0 spiro atoms. The first-order valence-corrected chi connectivity index (χ1v) is 18.0. The quantitative estimate of drug-likeness (QED) is 0.282. The smallest absolute Gasteiger partial charge is 0.186 e. The van der Waals surface area contributed by atoms with Gasteiger partial charge in [0.1, 0.15) is 5.82 Å². The molecule has 0 bridgehead atoms. The van der Waals surface area contributed by atoms with Crippen LogP contribution in [-0.2, 0) is 21.4 Å². The predicted molar refractivity (Wildman–Crippen MR) is 190 cm³/mol. The third-order valence-corrected chi connectivity index (χ3v) is 10.8. The standard InChI is InChI=1S/C23H26FN3O2S.C14H17NOS/c1-15(28)30-21-10-12-27(14-17(21)13-18-9-11-26(2)25-18)22(23(29)16-7-8-16)19-5-3-4-6-20(19)24;1-11(16)17-14-7-8-15-10-13(14)9-12-5-3-2-4-6-12/h3-6,9,11,13,16,21-22H,7-8,10,12,14H2,1-2H3;2-6,9,14-15H,7-8,10H2,1H3/b17-13+;13-9+. The molecule has 3 heterocycles. The fourth-order valence-electron chi connectivity index (χ4n) is 6.10. The zero-order chi connectivity index (χ0) is 33.3. The van der Waals surface area contributed by atoms with Crippen LogP contribution in [0.3, 0.4) is 0 Å². The van der Waals surface area contributed by atoms with Gasteiger partial charge in [0.15, 0.2) is 16.0 Å². The van der Waals surface area contributed by atoms with Gasteiger partial charge in [0.05, 0.1) is 11.7 Å². The van der Waals surface area contributed by atoms with E-state index in [2.05, 4.69) is 33.5 Å². The number of thioether (sulfide) groups is 2. The van der Waals surface area contributed by atoms with Crippen molar-refractivity contribution in [3.63, 3.8) is 0 Å². The first kappa shape index (κ1) is 35.0. The molecule has 248 valence electrons. The van der Waals surface area contributed by atoms with Gasteiger partial charge in [-0.25, -0.2) is 4.39 Å². The van der Waals surface area contributed by atoms with Gasteiger partial charge in [-0.2, -0.15) is 5.10 Å². The molecule has 47 heavy (non-hydrogen) atoms. The number of carbonyl (C=O) groups excluding carboxylic acids is 3. The highest BCUT2D eigenvalue weighted by molar-refractivity contribution is 8.14. The van der Waals surface area contributed by atoms with E-state index in [1.807, 2.05) is 43.6 Å². The SMILES string of the molecule is CC(=O)SC1CCN(C(C(=O)C2CC2)c2ccccc2F)C/C1=C\c1ccn(C)n1.CC(=O)SC1CCNC/C1=C\c1ccccc1. The van der Waals surface area contributed by atoms with E-state index in [9.17, 15) is 18.8 Å². The Labute approximate surface area is 285 Å². The average molecular weight is 675 g/mol. The monoisotopic (exact) mass is 674 g/mol. The van der Waals surface area contributed by atoms with Crippen LogP contribution in [0.25, 0.3) is 12.2 Å². The van der Waals surface area contributed by atoms with E-state index in [0.717, 1.165) is 50.0 Å². The largest absolute Gasteiger partial charge is 0.313 e. The van der Waals surface area contributed by atoms with Gasteiger partial charge in [-0.15, -0.1) is 0 Å². The van der Waals surface area contributed by atoms with E-state index in [1.54, 1.807) is 36.7 Å². The van der Waals surface area contributed by atoms with E-state index in [1.165, 1.54) is 40.7 Å². The van der Waals surface area contributed by atoms with Crippen molar-refractivity contribution >= 4 is 51.7 Å². The number of carbonyl (C=O) groups is 3. The van der Waals surface area contributed by atoms with Gasteiger partial charge in [-0.3, -0.25) is 24.0 Å². The summed E-state index contributed by atoms with van der Waals surface area (Å²) < 4.78 is 16.4. The average Bonchev–Trinajstić information content (AvgIpc) is 3.82. The van der Waals surface area contributed by atoms with Gasteiger partial charge in [0.25, 0.3) is 0 Å². The van der Waals surface area contributed by atoms with Crippen molar-refractivity contribution in [1.82, 2.24) is 20.0 Å². The Bertz CT molecular complexity index is 1620. The van der Waals surface area contributed by atoms with Crippen LogP contribution in [0.5, 0.6) is 0 Å². The summed E-state index contributed by atoms with van der Waals surface area (Å²) in [7, 11) is 1.86. The zero-order valence-corrected chi connectivity index (χ0v) is 28.9. The molecule has 7 nitrogen and oxygen atoms in total. The molecule has 3 fully saturated rings. The molecule has 0 radical (unpaired) electrons. The Balaban J connectivity index is 0.000000216. The van der Waals surface area contributed by atoms with Crippen molar-refractivity contribution in [2.75, 3.05) is 26.2 Å². The lowest BCUT2D eigenvalue weighted by Gasteiger charge is -2.38. The van der Waals surface area contributed by atoms with Crippen LogP contribution in [0.1, 0.15) is 62.4 Å². The lowest BCUT2D eigenvalue weighted by Crippen LogP contribution is -2.43. The van der Waals surface area contributed by atoms with Crippen molar-refractivity contribution in [3.05, 3.63) is 101 Å². The molecular weight excluding hydrogens is 632 g/mol. The first-order valence-electron chi connectivity index (χ1n) is 16.2. The second-order valence-electron chi connectivity index (χ2n) is 12.3. The van der Waals surface area contributed by atoms with Gasteiger partial charge in [-0.05, 0) is 67.1 Å². The summed E-state index contributed by atoms with van der Waals surface area (Å²) in [6.45, 7) is 6.26. The Kier molecular flexibility index (Phi) is 12.4. The number of piperidine rings is 2. The first-order chi connectivity index (χ1) is 22.7. The molecule has 2 aromatic carbocycles. The Hall–Kier alpha value is -3.31. The molecule has 3 aromatic rings. The Morgan fingerprint density at radius 3 is 2.21 bits per heavy atom. The van der Waals surface area contributed by atoms with Crippen molar-refractivity contribution in [3.8, 4) is 0 Å². The van der Waals surface area contributed by atoms with Crippen molar-refractivity contribution in [2.45, 2.75) is 56.1 Å². The fourth-order valence-corrected chi connectivity index (χ4v) is 7.96. The van der Waals surface area contributed by atoms with Crippen LogP contribution < -0.4 is 5.32 Å². The summed E-state index contributed by atoms with van der Waals surface area (Å²) in [6, 6.07) is 18.2. The maximum atomic E-state index is 14.7. The number of ketones is 1. The minimum atomic E-state index is -0.589. The lowest BCUT2D eigenvalue weighted by atomic mass is 9.93. The van der Waals surface area contributed by atoms with Gasteiger partial charge >= 0.3 is 0 Å². The predicted octanol–water partition coefficient (Wildman–Crippen LogP) is 6.73. The van der Waals surface area contributed by atoms with Crippen LogP contribution in [0, 0.1) is 11.7 Å². The summed E-state index contributed by atoms with van der Waals surface area (Å²) >= 11 is 2.78. The second-order valence-corrected chi connectivity index (χ2v) is 15.0. The van der Waals surface area contributed by atoms with E-state index in [4.69, 9.17) is 0 Å². The number of aryl methyl sites for hydroxylation is 1. The molecule has 1 aromatic heterocycles. The molecule has 6 rings (SSSR count). The van der Waals surface area contributed by atoms with Crippen LogP contribution in [0.15, 0.2) is 78.0 Å². The third kappa shape index (κ3) is 10.1. The summed E-state index contributed by atoms with van der Waals surface area (Å²) in [5.74, 6) is -0.205. The summed E-state index contributed by atoms with van der Waals surface area (Å²) in [4.78, 5) is 38.3. The summed E-state index contributed by atoms with van der Waals surface area (Å²) in [5.41, 5.74) is 4.84. The van der Waals surface area contributed by atoms with Crippen LogP contribution in [-0.4, -0.2) is 67.4 Å². The molecule has 3 aliphatic rings. The minimum Gasteiger partial charge on any atom is -0.313 e. The number of hydrogen-bond donors (Lipinski definition) is 1. The highest BCUT2D eigenvalue weighted by Crippen LogP contribution is 2.40. The molecular formula is C37H43FN4O3S2. The summed E-state index contributed by atoms with van der Waals surface area (Å²) in [5, 5.41) is 8.46. The van der Waals surface area contributed by atoms with E-state index in [0.29, 0.717) is 23.9 Å². The molecule has 0 amide bonds. The van der Waals surface area contributed by atoms with E-state index in [-0.39, 0.29) is 33.0 Å². The second kappa shape index (κ2) is 16.7. The zero-order valence-electron chi connectivity index (χ0n) is 27.2. The Morgan fingerprint density at radius 1 is 0.894 bits per heavy atom. The lowest BCUT2D eigenvalue weighted by molar-refractivity contribution is -0.126. The molecule has 2 saturated heterocycles. The van der Waals surface area contributed by atoms with Gasteiger partial charge in [0, 0.05) is 68.7 Å². The van der Waals surface area contributed by atoms with E-state index >= 15 is 0 Å². The van der Waals surface area contributed by atoms with Crippen molar-refractivity contribution in [2.24, 2.45) is 13.0 Å². The number of rotatable bonds is 8. The number of halogens is 1. The molecule has 10 heteroatoms. The Morgan fingerprint density at radius 2 is 1.57 bits per heavy atom. The normalized spacial score (nSPS) is 22.4. The number of hydrogen-bond acceptors (Lipinski definition) is 8. The van der Waals surface area contributed by atoms with E-state index < -0.39 is 6.04 Å². The highest BCUT2D eigenvalue weighted by Gasteiger charge is 2.41. The number of nitrogens with zero attached hydrogens (tertiary/aromatic N) is 3. The topological polar surface area (TPSA) is 84.3 Å². The number of benzene rings is 2. The molecule has 3 atom stereocenters. The van der Waals surface area contributed by atoms with Crippen molar-refractivity contribution < 1.29 is 18.8 Å². The van der Waals surface area contributed by atoms with Gasteiger partial charge < -0.3 is 5.32 Å². The van der Waals surface area contributed by atoms with Crippen LogP contribution in [0.2, 0.25) is 0 Å². The van der Waals surface area contributed by atoms with Gasteiger partial charge in [-0.1, -0.05) is 78.1 Å². The third-order valence-electron chi connectivity index (χ3n) is 8.45. The van der Waals surface area contributed by atoms with Crippen molar-refractivity contribution in [1.29, 1.82) is 0 Å². The maximum absolute atomic E-state index is 14.7. The van der Waals surface area contributed by atoms with Crippen LogP contribution >= 0.6 is 23.5 Å². The number of nitrogens with one attached hydrogen (secondary N) is 1. The van der Waals surface area contributed by atoms with Crippen LogP contribution in [0.4, 0.5) is 4.39 Å². The maximum Gasteiger partial charge on any atom is 0.186 e. The molecule has 2 aliphatic heterocycles. The minimum absolute atomic E-state index is 0.0298. The molecule has 1 N–H and O–H groups in total. The fraction of sp³-hybridized carbons (Fsp3) is 0.405. The highest BCUT2D eigenvalue weighted by atomic mass is 32.2. The molecule has 3 unspecified atom stereocenters. The molecule has 1 aliphatic carbocycles. The molecule has 1 saturated carbocycles. The number of Topliss-reactive ketones (excluding diaryl/α,β-unsaturated/α-hetero) is 1. The summed E-state index contributed by atoms with van der Waals surface area (Å²) in [6.07, 6.45) is 9.61. The number of likely N-dealkylation sites (tertiary alicyclic amines) is 1. The van der Waals surface area contributed by atoms with Gasteiger partial charge in [0.2, 0.25) is 0 Å². The number of aromatic nitrogens is 2.